The highest BCUT2D eigenvalue weighted by molar-refractivity contribution is 5.96. The van der Waals surface area contributed by atoms with Crippen molar-refractivity contribution in [3.05, 3.63) is 0 Å². The fraction of sp³-hybridized carbons (Fsp3) is 0.778. The van der Waals surface area contributed by atoms with Gasteiger partial charge in [0.05, 0.1) is 0 Å². The summed E-state index contributed by atoms with van der Waals surface area (Å²) in [6, 6.07) is -0.250. The maximum absolute atomic E-state index is 11.3. The molecular formula is C9H17N3O2. The van der Waals surface area contributed by atoms with E-state index < -0.39 is 0 Å². The van der Waals surface area contributed by atoms with Crippen molar-refractivity contribution in [3.8, 4) is 0 Å². The molecule has 0 atom stereocenters. The van der Waals surface area contributed by atoms with Crippen LogP contribution in [0.15, 0.2) is 0 Å². The number of urea groups is 1. The lowest BCUT2D eigenvalue weighted by Gasteiger charge is -2.26. The van der Waals surface area contributed by atoms with E-state index in [0.717, 1.165) is 19.5 Å². The topological polar surface area (TPSA) is 52.6 Å². The molecule has 0 bridgehead atoms. The Hall–Kier alpha value is -1.10. The van der Waals surface area contributed by atoms with Gasteiger partial charge in [0.2, 0.25) is 5.91 Å². The van der Waals surface area contributed by atoms with Crippen molar-refractivity contribution in [1.82, 2.24) is 15.1 Å². The molecule has 5 nitrogen and oxygen atoms in total. The van der Waals surface area contributed by atoms with Crippen LogP contribution in [0.25, 0.3) is 0 Å². The van der Waals surface area contributed by atoms with E-state index >= 15 is 0 Å². The third kappa shape index (κ3) is 3.33. The van der Waals surface area contributed by atoms with Crippen molar-refractivity contribution in [1.29, 1.82) is 0 Å². The zero-order valence-electron chi connectivity index (χ0n) is 8.75. The number of hydrogen-bond acceptors (Lipinski definition) is 3. The first kappa shape index (κ1) is 11.0. The van der Waals surface area contributed by atoms with Crippen molar-refractivity contribution in [2.45, 2.75) is 12.8 Å². The van der Waals surface area contributed by atoms with Gasteiger partial charge in [-0.05, 0) is 27.1 Å². The largest absolute Gasteiger partial charge is 0.324 e. The van der Waals surface area contributed by atoms with E-state index in [1.54, 1.807) is 4.90 Å². The summed E-state index contributed by atoms with van der Waals surface area (Å²) in [5, 5.41) is 2.30. The van der Waals surface area contributed by atoms with Crippen molar-refractivity contribution in [3.63, 3.8) is 0 Å². The Kier molecular flexibility index (Phi) is 3.88. The van der Waals surface area contributed by atoms with E-state index in [0.29, 0.717) is 13.0 Å². The second-order valence-corrected chi connectivity index (χ2v) is 3.75. The van der Waals surface area contributed by atoms with Gasteiger partial charge in [-0.25, -0.2) is 4.79 Å². The number of carbonyl (C=O) groups is 2. The third-order valence-electron chi connectivity index (χ3n) is 2.18. The van der Waals surface area contributed by atoms with Crippen molar-refractivity contribution in [2.24, 2.45) is 0 Å². The van der Waals surface area contributed by atoms with Crippen LogP contribution in [0.4, 0.5) is 4.79 Å². The predicted octanol–water partition coefficient (Wildman–Crippen LogP) is -0.120. The lowest BCUT2D eigenvalue weighted by Crippen LogP contribution is -2.49. The van der Waals surface area contributed by atoms with Crippen LogP contribution in [0.5, 0.6) is 0 Å². The van der Waals surface area contributed by atoms with Gasteiger partial charge in [-0.3, -0.25) is 10.1 Å². The Labute approximate surface area is 84.0 Å². The number of imide groups is 1. The molecule has 0 aromatic rings. The summed E-state index contributed by atoms with van der Waals surface area (Å²) in [7, 11) is 4.00. The van der Waals surface area contributed by atoms with Crippen LogP contribution in [0.3, 0.4) is 0 Å². The van der Waals surface area contributed by atoms with E-state index in [9.17, 15) is 9.59 Å². The van der Waals surface area contributed by atoms with Gasteiger partial charge in [-0.2, -0.15) is 0 Å². The minimum Gasteiger partial charge on any atom is -0.324 e. The first-order chi connectivity index (χ1) is 6.59. The minimum atomic E-state index is -0.250. The normalized spacial score (nSPS) is 17.5. The van der Waals surface area contributed by atoms with Crippen molar-refractivity contribution >= 4 is 11.9 Å². The molecule has 0 saturated carbocycles. The monoisotopic (exact) mass is 199 g/mol. The molecular weight excluding hydrogens is 182 g/mol. The fourth-order valence-corrected chi connectivity index (χ4v) is 1.39. The Morgan fingerprint density at radius 2 is 2.14 bits per heavy atom. The van der Waals surface area contributed by atoms with Gasteiger partial charge < -0.3 is 9.80 Å². The molecule has 0 radical (unpaired) electrons. The van der Waals surface area contributed by atoms with Crippen LogP contribution >= 0.6 is 0 Å². The number of amides is 3. The number of rotatable bonds is 4. The number of nitrogens with zero attached hydrogens (tertiary/aromatic N) is 2. The SMILES string of the molecule is CN(C)CCCN1CCC(=O)NC1=O. The van der Waals surface area contributed by atoms with E-state index in [4.69, 9.17) is 0 Å². The highest BCUT2D eigenvalue weighted by Crippen LogP contribution is 2.01. The first-order valence-electron chi connectivity index (χ1n) is 4.83. The molecule has 0 unspecified atom stereocenters. The molecule has 0 aromatic carbocycles. The third-order valence-corrected chi connectivity index (χ3v) is 2.18. The van der Waals surface area contributed by atoms with Crippen LogP contribution in [0, 0.1) is 0 Å². The van der Waals surface area contributed by atoms with Crippen molar-refractivity contribution < 1.29 is 9.59 Å². The zero-order chi connectivity index (χ0) is 10.6. The molecule has 0 aromatic heterocycles. The average molecular weight is 199 g/mol. The summed E-state index contributed by atoms with van der Waals surface area (Å²) in [5.41, 5.74) is 0. The molecule has 1 saturated heterocycles. The molecule has 1 fully saturated rings. The minimum absolute atomic E-state index is 0.168. The van der Waals surface area contributed by atoms with Crippen LogP contribution < -0.4 is 5.32 Å². The predicted molar refractivity (Wildman–Crippen MR) is 52.9 cm³/mol. The lowest BCUT2D eigenvalue weighted by molar-refractivity contribution is -0.121. The van der Waals surface area contributed by atoms with Gasteiger partial charge >= 0.3 is 6.03 Å². The second-order valence-electron chi connectivity index (χ2n) is 3.75. The lowest BCUT2D eigenvalue weighted by atomic mass is 10.3. The highest BCUT2D eigenvalue weighted by Gasteiger charge is 2.21. The van der Waals surface area contributed by atoms with E-state index in [-0.39, 0.29) is 11.9 Å². The van der Waals surface area contributed by atoms with Crippen molar-refractivity contribution in [2.75, 3.05) is 33.7 Å². The quantitative estimate of drug-likeness (QED) is 0.686. The number of hydrogen-bond donors (Lipinski definition) is 1. The highest BCUT2D eigenvalue weighted by atomic mass is 16.2. The molecule has 1 N–H and O–H groups in total. The van der Waals surface area contributed by atoms with Gasteiger partial charge in [0, 0.05) is 19.5 Å². The van der Waals surface area contributed by atoms with Gasteiger partial charge in [-0.1, -0.05) is 0 Å². The smallest absolute Gasteiger partial charge is 0.324 e. The summed E-state index contributed by atoms with van der Waals surface area (Å²) in [5.74, 6) is -0.168. The number of carbonyl (C=O) groups excluding carboxylic acids is 2. The Morgan fingerprint density at radius 1 is 1.43 bits per heavy atom. The van der Waals surface area contributed by atoms with Gasteiger partial charge in [-0.15, -0.1) is 0 Å². The molecule has 1 rings (SSSR count). The Balaban J connectivity index is 2.24. The van der Waals surface area contributed by atoms with Crippen LogP contribution in [0.1, 0.15) is 12.8 Å². The molecule has 3 amide bonds. The van der Waals surface area contributed by atoms with E-state index in [2.05, 4.69) is 10.2 Å². The molecule has 14 heavy (non-hydrogen) atoms. The zero-order valence-corrected chi connectivity index (χ0v) is 8.75. The molecule has 1 aliphatic rings. The number of nitrogens with one attached hydrogen (secondary N) is 1. The molecule has 1 heterocycles. The van der Waals surface area contributed by atoms with Gasteiger partial charge in [0.1, 0.15) is 0 Å². The summed E-state index contributed by atoms with van der Waals surface area (Å²) in [6.45, 7) is 2.23. The molecule has 0 spiro atoms. The molecule has 1 aliphatic heterocycles. The molecule has 0 aliphatic carbocycles. The van der Waals surface area contributed by atoms with Gasteiger partial charge in [0.25, 0.3) is 0 Å². The summed E-state index contributed by atoms with van der Waals surface area (Å²) in [6.07, 6.45) is 1.36. The Morgan fingerprint density at radius 3 is 2.71 bits per heavy atom. The average Bonchev–Trinajstić information content (AvgIpc) is 2.08. The molecule has 80 valence electrons. The second kappa shape index (κ2) is 4.95. The summed E-state index contributed by atoms with van der Waals surface area (Å²) < 4.78 is 0. The molecule has 5 heteroatoms. The first-order valence-corrected chi connectivity index (χ1v) is 4.83. The maximum atomic E-state index is 11.3. The van der Waals surface area contributed by atoms with Crippen LogP contribution in [0.2, 0.25) is 0 Å². The van der Waals surface area contributed by atoms with Crippen LogP contribution in [-0.4, -0.2) is 55.5 Å². The summed E-state index contributed by atoms with van der Waals surface area (Å²) in [4.78, 5) is 25.9. The van der Waals surface area contributed by atoms with E-state index in [1.807, 2.05) is 14.1 Å². The van der Waals surface area contributed by atoms with E-state index in [1.165, 1.54) is 0 Å². The standard InChI is InChI=1S/C9H17N3O2/c1-11(2)5-3-6-12-7-4-8(13)10-9(12)14/h3-7H2,1-2H3,(H,10,13,14). The maximum Gasteiger partial charge on any atom is 0.324 e. The Bertz CT molecular complexity index is 228. The van der Waals surface area contributed by atoms with Gasteiger partial charge in [0.15, 0.2) is 0 Å². The van der Waals surface area contributed by atoms with Crippen LogP contribution in [-0.2, 0) is 4.79 Å². The summed E-state index contributed by atoms with van der Waals surface area (Å²) >= 11 is 0. The fourth-order valence-electron chi connectivity index (χ4n) is 1.39.